The van der Waals surface area contributed by atoms with E-state index in [0.29, 0.717) is 30.8 Å². The van der Waals surface area contributed by atoms with Gasteiger partial charge in [0.25, 0.3) is 0 Å². The number of carbonyl (C=O) groups excluding carboxylic acids is 1. The number of methoxy groups -OCH3 is 1. The molecule has 7 nitrogen and oxygen atoms in total. The molecule has 0 unspecified atom stereocenters. The molecule has 0 heterocycles. The van der Waals surface area contributed by atoms with Crippen molar-refractivity contribution in [2.24, 2.45) is 0 Å². The number of amides is 1. The Labute approximate surface area is 136 Å². The molecule has 126 valence electrons. The van der Waals surface area contributed by atoms with Crippen molar-refractivity contribution in [1.29, 1.82) is 5.26 Å². The molecule has 0 aliphatic carbocycles. The lowest BCUT2D eigenvalue weighted by Crippen LogP contribution is -2.34. The fourth-order valence-corrected chi connectivity index (χ4v) is 2.83. The molecule has 0 fully saturated rings. The van der Waals surface area contributed by atoms with Gasteiger partial charge in [-0.3, -0.25) is 4.79 Å². The van der Waals surface area contributed by atoms with E-state index >= 15 is 0 Å². The van der Waals surface area contributed by atoms with Crippen LogP contribution in [0, 0.1) is 11.3 Å². The number of anilines is 1. The average molecular weight is 339 g/mol. The first-order valence-electron chi connectivity index (χ1n) is 7.11. The van der Waals surface area contributed by atoms with Gasteiger partial charge in [0, 0.05) is 38.9 Å². The van der Waals surface area contributed by atoms with Crippen molar-refractivity contribution in [2.75, 3.05) is 38.4 Å². The molecule has 1 amide bonds. The molecule has 8 heteroatoms. The quantitative estimate of drug-likeness (QED) is 0.681. The summed E-state index contributed by atoms with van der Waals surface area (Å²) in [5.74, 6) is -0.305. The van der Waals surface area contributed by atoms with Gasteiger partial charge in [0.2, 0.25) is 15.9 Å². The van der Waals surface area contributed by atoms with Crippen LogP contribution in [0.2, 0.25) is 0 Å². The summed E-state index contributed by atoms with van der Waals surface area (Å²) in [7, 11) is -1.82. The predicted molar refractivity (Wildman–Crippen MR) is 87.3 cm³/mol. The zero-order chi connectivity index (χ0) is 17.3. The Morgan fingerprint density at radius 1 is 1.39 bits per heavy atom. The van der Waals surface area contributed by atoms with E-state index < -0.39 is 10.0 Å². The van der Waals surface area contributed by atoms with Gasteiger partial charge in [-0.1, -0.05) is 6.07 Å². The molecule has 0 saturated heterocycles. The number of nitrogens with zero attached hydrogens (tertiary/aromatic N) is 2. The summed E-state index contributed by atoms with van der Waals surface area (Å²) in [4.78, 5) is 11.9. The highest BCUT2D eigenvalue weighted by Gasteiger charge is 2.17. The maximum Gasteiger partial charge on any atom is 0.225 e. The van der Waals surface area contributed by atoms with Crippen molar-refractivity contribution >= 4 is 21.6 Å². The molecule has 1 rings (SSSR count). The van der Waals surface area contributed by atoms with Crippen LogP contribution in [-0.2, 0) is 19.6 Å². The second kappa shape index (κ2) is 9.25. The molecule has 23 heavy (non-hydrogen) atoms. The molecule has 1 N–H and O–H groups in total. The summed E-state index contributed by atoms with van der Waals surface area (Å²) in [6, 6.07) is 8.53. The molecule has 0 atom stereocenters. The van der Waals surface area contributed by atoms with E-state index in [-0.39, 0.29) is 18.9 Å². The van der Waals surface area contributed by atoms with Crippen molar-refractivity contribution in [1.82, 2.24) is 4.31 Å². The van der Waals surface area contributed by atoms with Gasteiger partial charge in [-0.15, -0.1) is 0 Å². The third kappa shape index (κ3) is 7.23. The van der Waals surface area contributed by atoms with Crippen LogP contribution in [-0.4, -0.2) is 51.7 Å². The number of benzene rings is 1. The average Bonchev–Trinajstić information content (AvgIpc) is 2.49. The lowest BCUT2D eigenvalue weighted by molar-refractivity contribution is -0.116. The van der Waals surface area contributed by atoms with Crippen molar-refractivity contribution in [3.05, 3.63) is 29.8 Å². The smallest absolute Gasteiger partial charge is 0.225 e. The van der Waals surface area contributed by atoms with E-state index in [0.717, 1.165) is 6.26 Å². The first-order valence-corrected chi connectivity index (χ1v) is 8.95. The van der Waals surface area contributed by atoms with Crippen LogP contribution in [0.1, 0.15) is 18.4 Å². The third-order valence-electron chi connectivity index (χ3n) is 3.09. The molecule has 0 radical (unpaired) electrons. The Morgan fingerprint density at radius 3 is 2.74 bits per heavy atom. The van der Waals surface area contributed by atoms with Crippen LogP contribution in [0.5, 0.6) is 0 Å². The maximum absolute atomic E-state index is 11.9. The predicted octanol–water partition coefficient (Wildman–Crippen LogP) is 1.18. The SMILES string of the molecule is COCCCN(CCC(=O)Nc1cccc(C#N)c1)S(C)(=O)=O. The molecule has 1 aromatic rings. The fourth-order valence-electron chi connectivity index (χ4n) is 1.94. The monoisotopic (exact) mass is 339 g/mol. The topological polar surface area (TPSA) is 99.5 Å². The number of ether oxygens (including phenoxy) is 1. The molecule has 0 spiro atoms. The van der Waals surface area contributed by atoms with Crippen LogP contribution in [0.15, 0.2) is 24.3 Å². The maximum atomic E-state index is 11.9. The molecule has 1 aromatic carbocycles. The zero-order valence-electron chi connectivity index (χ0n) is 13.3. The summed E-state index contributed by atoms with van der Waals surface area (Å²) in [6.45, 7) is 0.870. The van der Waals surface area contributed by atoms with Crippen LogP contribution < -0.4 is 5.32 Å². The van der Waals surface area contributed by atoms with Crippen LogP contribution in [0.25, 0.3) is 0 Å². The number of nitriles is 1. The number of hydrogen-bond donors (Lipinski definition) is 1. The Bertz CT molecular complexity index is 668. The van der Waals surface area contributed by atoms with E-state index in [1.807, 2.05) is 6.07 Å². The molecular formula is C15H21N3O4S. The first-order chi connectivity index (χ1) is 10.9. The Hall–Kier alpha value is -1.95. The zero-order valence-corrected chi connectivity index (χ0v) is 14.1. The second-order valence-corrected chi connectivity index (χ2v) is 6.98. The van der Waals surface area contributed by atoms with Gasteiger partial charge in [0.1, 0.15) is 0 Å². The van der Waals surface area contributed by atoms with Crippen molar-refractivity contribution < 1.29 is 17.9 Å². The second-order valence-electron chi connectivity index (χ2n) is 5.00. The van der Waals surface area contributed by atoms with Gasteiger partial charge in [0.15, 0.2) is 0 Å². The van der Waals surface area contributed by atoms with Gasteiger partial charge in [0.05, 0.1) is 17.9 Å². The van der Waals surface area contributed by atoms with E-state index in [9.17, 15) is 13.2 Å². The molecule has 0 aliphatic rings. The Morgan fingerprint density at radius 2 is 2.13 bits per heavy atom. The minimum atomic E-state index is -3.37. The number of rotatable bonds is 9. The lowest BCUT2D eigenvalue weighted by Gasteiger charge is -2.19. The Balaban J connectivity index is 2.56. The standard InChI is InChI=1S/C15H21N3O4S/c1-22-10-4-8-18(23(2,20)21)9-7-15(19)17-14-6-3-5-13(11-14)12-16/h3,5-6,11H,4,7-10H2,1-2H3,(H,17,19). The van der Waals surface area contributed by atoms with Gasteiger partial charge >= 0.3 is 0 Å². The van der Waals surface area contributed by atoms with Crippen molar-refractivity contribution in [3.8, 4) is 6.07 Å². The lowest BCUT2D eigenvalue weighted by atomic mass is 10.2. The van der Waals surface area contributed by atoms with E-state index in [2.05, 4.69) is 5.32 Å². The van der Waals surface area contributed by atoms with Crippen LogP contribution >= 0.6 is 0 Å². The van der Waals surface area contributed by atoms with Gasteiger partial charge in [-0.05, 0) is 24.6 Å². The number of nitrogens with one attached hydrogen (secondary N) is 1. The minimum Gasteiger partial charge on any atom is -0.385 e. The first kappa shape index (κ1) is 19.1. The van der Waals surface area contributed by atoms with Crippen molar-refractivity contribution in [3.63, 3.8) is 0 Å². The normalized spacial score (nSPS) is 11.2. The number of hydrogen-bond acceptors (Lipinski definition) is 5. The van der Waals surface area contributed by atoms with E-state index in [1.165, 1.54) is 4.31 Å². The highest BCUT2D eigenvalue weighted by atomic mass is 32.2. The van der Waals surface area contributed by atoms with Gasteiger partial charge in [-0.25, -0.2) is 12.7 Å². The van der Waals surface area contributed by atoms with Crippen molar-refractivity contribution in [2.45, 2.75) is 12.8 Å². The third-order valence-corrected chi connectivity index (χ3v) is 4.39. The number of sulfonamides is 1. The molecule has 0 saturated carbocycles. The van der Waals surface area contributed by atoms with E-state index in [1.54, 1.807) is 31.4 Å². The summed E-state index contributed by atoms with van der Waals surface area (Å²) in [6.07, 6.45) is 1.72. The minimum absolute atomic E-state index is 0.0385. The highest BCUT2D eigenvalue weighted by Crippen LogP contribution is 2.10. The molecular weight excluding hydrogens is 318 g/mol. The van der Waals surface area contributed by atoms with Gasteiger partial charge in [-0.2, -0.15) is 5.26 Å². The number of carbonyl (C=O) groups is 1. The van der Waals surface area contributed by atoms with Gasteiger partial charge < -0.3 is 10.1 Å². The largest absolute Gasteiger partial charge is 0.385 e. The molecule has 0 aliphatic heterocycles. The fraction of sp³-hybridized carbons (Fsp3) is 0.467. The highest BCUT2D eigenvalue weighted by molar-refractivity contribution is 7.88. The summed E-state index contributed by atoms with van der Waals surface area (Å²) < 4.78 is 29.6. The van der Waals surface area contributed by atoms with E-state index in [4.69, 9.17) is 10.00 Å². The molecule has 0 aromatic heterocycles. The summed E-state index contributed by atoms with van der Waals surface area (Å²) >= 11 is 0. The van der Waals surface area contributed by atoms with Crippen LogP contribution in [0.4, 0.5) is 5.69 Å². The molecule has 0 bridgehead atoms. The van der Waals surface area contributed by atoms with Crippen LogP contribution in [0.3, 0.4) is 0 Å². The Kier molecular flexibility index (Phi) is 7.68. The summed E-state index contributed by atoms with van der Waals surface area (Å²) in [5, 5.41) is 11.5. The summed E-state index contributed by atoms with van der Waals surface area (Å²) in [5.41, 5.74) is 0.958.